The molecule has 0 atom stereocenters. The van der Waals surface area contributed by atoms with Crippen LogP contribution in [0.25, 0.3) is 11.4 Å². The number of methoxy groups -OCH3 is 1. The second-order valence-electron chi connectivity index (χ2n) is 4.76. The molecule has 0 unspecified atom stereocenters. The molecular formula is C15H21N5O2S. The van der Waals surface area contributed by atoms with Gasteiger partial charge in [0.1, 0.15) is 5.75 Å². The van der Waals surface area contributed by atoms with Crippen molar-refractivity contribution in [3.05, 3.63) is 24.3 Å². The molecule has 0 aliphatic heterocycles. The summed E-state index contributed by atoms with van der Waals surface area (Å²) in [7, 11) is 1.61. The molecule has 0 aliphatic carbocycles. The Morgan fingerprint density at radius 3 is 2.48 bits per heavy atom. The first-order chi connectivity index (χ1) is 11.1. The zero-order valence-corrected chi connectivity index (χ0v) is 14.3. The second-order valence-corrected chi connectivity index (χ2v) is 5.70. The van der Waals surface area contributed by atoms with E-state index in [2.05, 4.69) is 10.2 Å². The highest BCUT2D eigenvalue weighted by molar-refractivity contribution is 7.99. The van der Waals surface area contributed by atoms with E-state index >= 15 is 0 Å². The molecule has 124 valence electrons. The average Bonchev–Trinajstić information content (AvgIpc) is 2.95. The Kier molecular flexibility index (Phi) is 5.86. The quantitative estimate of drug-likeness (QED) is 0.611. The van der Waals surface area contributed by atoms with Crippen LogP contribution in [0.1, 0.15) is 13.8 Å². The molecule has 0 saturated heterocycles. The molecule has 7 nitrogen and oxygen atoms in total. The highest BCUT2D eigenvalue weighted by Gasteiger charge is 2.15. The van der Waals surface area contributed by atoms with E-state index in [0.29, 0.717) is 29.8 Å². The number of nitrogens with zero attached hydrogens (tertiary/aromatic N) is 4. The number of nitrogens with two attached hydrogens (primary N) is 1. The van der Waals surface area contributed by atoms with Gasteiger partial charge in [0, 0.05) is 18.7 Å². The van der Waals surface area contributed by atoms with E-state index in [0.717, 1.165) is 11.3 Å². The summed E-state index contributed by atoms with van der Waals surface area (Å²) >= 11 is 1.29. The first kappa shape index (κ1) is 17.1. The van der Waals surface area contributed by atoms with Crippen molar-refractivity contribution in [1.82, 2.24) is 19.8 Å². The SMILES string of the molecule is CCN(CC)C(=O)CSc1nnc(-c2ccc(OC)cc2)n1N. The number of benzene rings is 1. The maximum Gasteiger partial charge on any atom is 0.233 e. The highest BCUT2D eigenvalue weighted by atomic mass is 32.2. The molecule has 1 aromatic heterocycles. The lowest BCUT2D eigenvalue weighted by Crippen LogP contribution is -2.32. The minimum Gasteiger partial charge on any atom is -0.497 e. The molecule has 1 heterocycles. The maximum atomic E-state index is 12.0. The van der Waals surface area contributed by atoms with Crippen LogP contribution in [-0.4, -0.2) is 51.6 Å². The number of hydrogen-bond acceptors (Lipinski definition) is 6. The fraction of sp³-hybridized carbons (Fsp3) is 0.400. The van der Waals surface area contributed by atoms with Crippen LogP contribution in [0.4, 0.5) is 0 Å². The van der Waals surface area contributed by atoms with Crippen LogP contribution < -0.4 is 10.6 Å². The molecule has 2 N–H and O–H groups in total. The molecule has 0 fully saturated rings. The van der Waals surface area contributed by atoms with Crippen LogP contribution in [0.5, 0.6) is 5.75 Å². The van der Waals surface area contributed by atoms with Crippen LogP contribution in [0.15, 0.2) is 29.4 Å². The Balaban J connectivity index is 2.08. The normalized spacial score (nSPS) is 10.6. The van der Waals surface area contributed by atoms with Gasteiger partial charge in [-0.25, -0.2) is 4.68 Å². The topological polar surface area (TPSA) is 86.3 Å². The van der Waals surface area contributed by atoms with E-state index in [-0.39, 0.29) is 5.91 Å². The van der Waals surface area contributed by atoms with Crippen molar-refractivity contribution >= 4 is 17.7 Å². The number of ether oxygens (including phenoxy) is 1. The zero-order chi connectivity index (χ0) is 16.8. The van der Waals surface area contributed by atoms with Gasteiger partial charge in [-0.3, -0.25) is 4.79 Å². The molecule has 2 rings (SSSR count). The van der Waals surface area contributed by atoms with Gasteiger partial charge in [-0.15, -0.1) is 10.2 Å². The van der Waals surface area contributed by atoms with Gasteiger partial charge in [0.25, 0.3) is 0 Å². The van der Waals surface area contributed by atoms with Crippen molar-refractivity contribution < 1.29 is 9.53 Å². The molecule has 0 bridgehead atoms. The molecule has 1 amide bonds. The summed E-state index contributed by atoms with van der Waals surface area (Å²) in [6.45, 7) is 5.31. The van der Waals surface area contributed by atoms with Crippen molar-refractivity contribution in [2.75, 3.05) is 31.8 Å². The van der Waals surface area contributed by atoms with Crippen LogP contribution >= 0.6 is 11.8 Å². The number of hydrogen-bond donors (Lipinski definition) is 1. The number of rotatable bonds is 7. The third-order valence-electron chi connectivity index (χ3n) is 3.45. The molecular weight excluding hydrogens is 314 g/mol. The third kappa shape index (κ3) is 3.95. The average molecular weight is 335 g/mol. The predicted octanol–water partition coefficient (Wildman–Crippen LogP) is 1.63. The highest BCUT2D eigenvalue weighted by Crippen LogP contribution is 2.23. The lowest BCUT2D eigenvalue weighted by atomic mass is 10.2. The van der Waals surface area contributed by atoms with Gasteiger partial charge in [-0.05, 0) is 38.1 Å². The summed E-state index contributed by atoms with van der Waals surface area (Å²) < 4.78 is 6.53. The Labute approximate surface area is 139 Å². The maximum absolute atomic E-state index is 12.0. The van der Waals surface area contributed by atoms with Gasteiger partial charge >= 0.3 is 0 Å². The van der Waals surface area contributed by atoms with Crippen molar-refractivity contribution in [1.29, 1.82) is 0 Å². The number of carbonyl (C=O) groups excluding carboxylic acids is 1. The zero-order valence-electron chi connectivity index (χ0n) is 13.5. The molecule has 2 aromatic rings. The van der Waals surface area contributed by atoms with E-state index < -0.39 is 0 Å². The van der Waals surface area contributed by atoms with Crippen LogP contribution in [-0.2, 0) is 4.79 Å². The monoisotopic (exact) mass is 335 g/mol. The minimum atomic E-state index is 0.0639. The predicted molar refractivity (Wildman–Crippen MR) is 90.8 cm³/mol. The Morgan fingerprint density at radius 2 is 1.91 bits per heavy atom. The number of carbonyl (C=O) groups is 1. The largest absolute Gasteiger partial charge is 0.497 e. The van der Waals surface area contributed by atoms with Crippen LogP contribution in [0, 0.1) is 0 Å². The summed E-state index contributed by atoms with van der Waals surface area (Å²) in [6.07, 6.45) is 0. The van der Waals surface area contributed by atoms with Crippen molar-refractivity contribution in [2.24, 2.45) is 0 Å². The van der Waals surface area contributed by atoms with E-state index in [9.17, 15) is 4.79 Å². The summed E-state index contributed by atoms with van der Waals surface area (Å²) in [5.74, 6) is 7.71. The van der Waals surface area contributed by atoms with Crippen molar-refractivity contribution in [3.8, 4) is 17.1 Å². The van der Waals surface area contributed by atoms with Crippen molar-refractivity contribution in [3.63, 3.8) is 0 Å². The van der Waals surface area contributed by atoms with Crippen molar-refractivity contribution in [2.45, 2.75) is 19.0 Å². The summed E-state index contributed by atoms with van der Waals surface area (Å²) in [5, 5.41) is 8.68. The summed E-state index contributed by atoms with van der Waals surface area (Å²) in [4.78, 5) is 13.8. The van der Waals surface area contributed by atoms with Gasteiger partial charge in [-0.2, -0.15) is 0 Å². The van der Waals surface area contributed by atoms with Gasteiger partial charge in [0.05, 0.1) is 12.9 Å². The van der Waals surface area contributed by atoms with Gasteiger partial charge in [0.2, 0.25) is 11.1 Å². The number of amides is 1. The molecule has 0 radical (unpaired) electrons. The van der Waals surface area contributed by atoms with E-state index in [1.165, 1.54) is 16.4 Å². The van der Waals surface area contributed by atoms with E-state index in [1.807, 2.05) is 38.1 Å². The first-order valence-electron chi connectivity index (χ1n) is 7.36. The van der Waals surface area contributed by atoms with E-state index in [4.69, 9.17) is 10.6 Å². The Morgan fingerprint density at radius 1 is 1.26 bits per heavy atom. The smallest absolute Gasteiger partial charge is 0.233 e. The minimum absolute atomic E-state index is 0.0639. The summed E-state index contributed by atoms with van der Waals surface area (Å²) in [5.41, 5.74) is 0.836. The second kappa shape index (κ2) is 7.87. The molecule has 0 spiro atoms. The Bertz CT molecular complexity index is 652. The molecule has 0 aliphatic rings. The van der Waals surface area contributed by atoms with Crippen LogP contribution in [0.3, 0.4) is 0 Å². The molecule has 23 heavy (non-hydrogen) atoms. The van der Waals surface area contributed by atoms with Crippen LogP contribution in [0.2, 0.25) is 0 Å². The number of nitrogen functional groups attached to an aromatic ring is 1. The lowest BCUT2D eigenvalue weighted by Gasteiger charge is -2.17. The fourth-order valence-electron chi connectivity index (χ4n) is 2.11. The van der Waals surface area contributed by atoms with E-state index in [1.54, 1.807) is 12.0 Å². The van der Waals surface area contributed by atoms with Gasteiger partial charge < -0.3 is 15.5 Å². The summed E-state index contributed by atoms with van der Waals surface area (Å²) in [6, 6.07) is 7.39. The lowest BCUT2D eigenvalue weighted by molar-refractivity contribution is -0.127. The third-order valence-corrected chi connectivity index (χ3v) is 4.38. The molecule has 0 saturated carbocycles. The Hall–Kier alpha value is -2.22. The fourth-order valence-corrected chi connectivity index (χ4v) is 2.87. The standard InChI is InChI=1S/C15H21N5O2S/c1-4-19(5-2)13(21)10-23-15-18-17-14(20(15)16)11-6-8-12(22-3)9-7-11/h6-9H,4-5,10,16H2,1-3H3. The first-order valence-corrected chi connectivity index (χ1v) is 8.34. The number of aromatic nitrogens is 3. The van der Waals surface area contributed by atoms with Gasteiger partial charge in [0.15, 0.2) is 5.82 Å². The molecule has 1 aromatic carbocycles. The van der Waals surface area contributed by atoms with Gasteiger partial charge in [-0.1, -0.05) is 11.8 Å². The molecule has 8 heteroatoms. The number of thioether (sulfide) groups is 1.